The van der Waals surface area contributed by atoms with Gasteiger partial charge in [0.15, 0.2) is 11.1 Å². The van der Waals surface area contributed by atoms with Crippen molar-refractivity contribution in [2.24, 2.45) is 0 Å². The van der Waals surface area contributed by atoms with Gasteiger partial charge < -0.3 is 4.55 Å². The Morgan fingerprint density at radius 2 is 2.12 bits per heavy atom. The summed E-state index contributed by atoms with van der Waals surface area (Å²) in [5.74, 6) is -0.278. The van der Waals surface area contributed by atoms with Crippen molar-refractivity contribution in [1.82, 2.24) is 0 Å². The van der Waals surface area contributed by atoms with E-state index < -0.39 is 11.1 Å². The second kappa shape index (κ2) is 5.39. The van der Waals surface area contributed by atoms with Crippen LogP contribution in [0.25, 0.3) is 0 Å². The molecule has 17 heavy (non-hydrogen) atoms. The van der Waals surface area contributed by atoms with Gasteiger partial charge in [-0.1, -0.05) is 22.0 Å². The van der Waals surface area contributed by atoms with Crippen LogP contribution in [0.3, 0.4) is 0 Å². The van der Waals surface area contributed by atoms with Crippen LogP contribution in [-0.4, -0.2) is 8.76 Å². The minimum Gasteiger partial charge on any atom is -0.302 e. The van der Waals surface area contributed by atoms with E-state index in [0.717, 1.165) is 4.88 Å². The summed E-state index contributed by atoms with van der Waals surface area (Å²) in [6.07, 6.45) is 0.432. The molecule has 0 saturated carbocycles. The molecule has 0 spiro atoms. The van der Waals surface area contributed by atoms with Gasteiger partial charge in [-0.2, -0.15) is 0 Å². The van der Waals surface area contributed by atoms with E-state index in [1.165, 1.54) is 17.4 Å². The van der Waals surface area contributed by atoms with E-state index in [1.54, 1.807) is 24.3 Å². The predicted octanol–water partition coefficient (Wildman–Crippen LogP) is 3.82. The third-order valence-corrected chi connectivity index (χ3v) is 4.72. The molecule has 1 atom stereocenters. The van der Waals surface area contributed by atoms with Gasteiger partial charge >= 0.3 is 0 Å². The van der Waals surface area contributed by atoms with Gasteiger partial charge in [0.25, 0.3) is 0 Å². The average Bonchev–Trinajstić information content (AvgIpc) is 2.71. The van der Waals surface area contributed by atoms with E-state index in [1.807, 2.05) is 0 Å². The second-order valence-electron chi connectivity index (χ2n) is 3.38. The first-order chi connectivity index (χ1) is 8.06. The Morgan fingerprint density at radius 3 is 2.71 bits per heavy atom. The molecular formula is C11H8BrFO2S2. The summed E-state index contributed by atoms with van der Waals surface area (Å²) >= 11 is 2.46. The maximum Gasteiger partial charge on any atom is 0.196 e. The molecule has 1 aromatic carbocycles. The normalized spacial score (nSPS) is 12.6. The van der Waals surface area contributed by atoms with Crippen molar-refractivity contribution in [3.05, 3.63) is 51.1 Å². The molecule has 0 aliphatic rings. The van der Waals surface area contributed by atoms with Crippen LogP contribution >= 0.6 is 27.3 Å². The third-order valence-electron chi connectivity index (χ3n) is 2.19. The third kappa shape index (κ3) is 3.22. The van der Waals surface area contributed by atoms with Crippen LogP contribution in [0, 0.1) is 5.82 Å². The highest BCUT2D eigenvalue weighted by molar-refractivity contribution is 9.10. The largest absolute Gasteiger partial charge is 0.302 e. The molecule has 1 N–H and O–H groups in total. The first kappa shape index (κ1) is 12.9. The second-order valence-corrected chi connectivity index (χ2v) is 6.66. The summed E-state index contributed by atoms with van der Waals surface area (Å²) < 4.78 is 34.4. The van der Waals surface area contributed by atoms with E-state index in [2.05, 4.69) is 15.9 Å². The Hall–Kier alpha value is -0.560. The summed E-state index contributed by atoms with van der Waals surface area (Å²) in [7, 11) is 0. The molecule has 2 aromatic rings. The Kier molecular flexibility index (Phi) is 4.09. The lowest BCUT2D eigenvalue weighted by atomic mass is 10.1. The van der Waals surface area contributed by atoms with Gasteiger partial charge in [-0.25, -0.2) is 8.60 Å². The summed E-state index contributed by atoms with van der Waals surface area (Å²) in [5, 5.41) is 0. The predicted molar refractivity (Wildman–Crippen MR) is 70.3 cm³/mol. The van der Waals surface area contributed by atoms with Crippen molar-refractivity contribution in [1.29, 1.82) is 0 Å². The van der Waals surface area contributed by atoms with Crippen molar-refractivity contribution in [2.75, 3.05) is 0 Å². The van der Waals surface area contributed by atoms with Gasteiger partial charge in [-0.15, -0.1) is 11.3 Å². The molecule has 1 unspecified atom stereocenters. The Bertz CT molecular complexity index is 568. The molecule has 2 nitrogen and oxygen atoms in total. The fourth-order valence-corrected chi connectivity index (χ4v) is 3.28. The summed E-state index contributed by atoms with van der Waals surface area (Å²) in [6.45, 7) is 0. The van der Waals surface area contributed by atoms with Gasteiger partial charge in [-0.05, 0) is 29.8 Å². The minimum absolute atomic E-state index is 0.278. The molecular weight excluding hydrogens is 327 g/mol. The van der Waals surface area contributed by atoms with Gasteiger partial charge in [0.05, 0.1) is 0 Å². The fraction of sp³-hybridized carbons (Fsp3) is 0.0909. The zero-order chi connectivity index (χ0) is 12.4. The van der Waals surface area contributed by atoms with Gasteiger partial charge in [-0.3, -0.25) is 0 Å². The molecule has 0 saturated heterocycles. The van der Waals surface area contributed by atoms with Crippen LogP contribution in [0.1, 0.15) is 10.4 Å². The first-order valence-electron chi connectivity index (χ1n) is 4.70. The van der Waals surface area contributed by atoms with Crippen molar-refractivity contribution in [3.8, 4) is 0 Å². The monoisotopic (exact) mass is 334 g/mol. The van der Waals surface area contributed by atoms with Crippen molar-refractivity contribution in [3.63, 3.8) is 0 Å². The van der Waals surface area contributed by atoms with E-state index in [9.17, 15) is 8.60 Å². The van der Waals surface area contributed by atoms with Crippen molar-refractivity contribution >= 4 is 38.3 Å². The number of rotatable bonds is 3. The van der Waals surface area contributed by atoms with E-state index in [4.69, 9.17) is 4.55 Å². The van der Waals surface area contributed by atoms with Crippen LogP contribution in [0.5, 0.6) is 0 Å². The SMILES string of the molecule is O=S(O)c1ccc(Cc2ccc(Br)cc2F)s1. The lowest BCUT2D eigenvalue weighted by Gasteiger charge is -2.01. The molecule has 0 radical (unpaired) electrons. The van der Waals surface area contributed by atoms with Gasteiger partial charge in [0.2, 0.25) is 0 Å². The Labute approximate surface area is 113 Å². The molecule has 1 heterocycles. The maximum atomic E-state index is 13.6. The standard InChI is InChI=1S/C11H8BrFO2S2/c12-8-2-1-7(10(13)6-8)5-9-3-4-11(16-9)17(14)15/h1-4,6H,5H2,(H,14,15). The summed E-state index contributed by atoms with van der Waals surface area (Å²) in [6, 6.07) is 8.22. The molecule has 0 aliphatic carbocycles. The van der Waals surface area contributed by atoms with Crippen LogP contribution in [0.2, 0.25) is 0 Å². The highest BCUT2D eigenvalue weighted by Gasteiger charge is 2.08. The molecule has 0 bridgehead atoms. The smallest absolute Gasteiger partial charge is 0.196 e. The molecule has 0 aliphatic heterocycles. The highest BCUT2D eigenvalue weighted by atomic mass is 79.9. The topological polar surface area (TPSA) is 37.3 Å². The van der Waals surface area contributed by atoms with E-state index in [0.29, 0.717) is 20.7 Å². The average molecular weight is 335 g/mol. The molecule has 2 rings (SSSR count). The molecule has 6 heteroatoms. The maximum absolute atomic E-state index is 13.6. The van der Waals surface area contributed by atoms with Gasteiger partial charge in [0.1, 0.15) is 10.0 Å². The molecule has 90 valence electrons. The van der Waals surface area contributed by atoms with Gasteiger partial charge in [0, 0.05) is 15.8 Å². The lowest BCUT2D eigenvalue weighted by molar-refractivity contribution is 0.566. The summed E-state index contributed by atoms with van der Waals surface area (Å²) in [4.78, 5) is 0.864. The number of hydrogen-bond donors (Lipinski definition) is 1. The summed E-state index contributed by atoms with van der Waals surface area (Å²) in [5.41, 5.74) is 0.574. The van der Waals surface area contributed by atoms with Crippen LogP contribution in [0.4, 0.5) is 4.39 Å². The zero-order valence-corrected chi connectivity index (χ0v) is 11.7. The van der Waals surface area contributed by atoms with E-state index in [-0.39, 0.29) is 5.82 Å². The molecule has 0 amide bonds. The zero-order valence-electron chi connectivity index (χ0n) is 8.52. The van der Waals surface area contributed by atoms with Crippen LogP contribution < -0.4 is 0 Å². The highest BCUT2D eigenvalue weighted by Crippen LogP contribution is 2.24. The molecule has 0 fully saturated rings. The van der Waals surface area contributed by atoms with Crippen molar-refractivity contribution in [2.45, 2.75) is 10.6 Å². The van der Waals surface area contributed by atoms with Crippen molar-refractivity contribution < 1.29 is 13.2 Å². The first-order valence-corrected chi connectivity index (χ1v) is 7.41. The quantitative estimate of drug-likeness (QED) is 0.866. The number of halogens is 2. The number of hydrogen-bond acceptors (Lipinski definition) is 2. The lowest BCUT2D eigenvalue weighted by Crippen LogP contribution is -1.90. The van der Waals surface area contributed by atoms with Crippen LogP contribution in [-0.2, 0) is 17.5 Å². The number of benzene rings is 1. The fourth-order valence-electron chi connectivity index (χ4n) is 1.40. The molecule has 1 aromatic heterocycles. The van der Waals surface area contributed by atoms with E-state index >= 15 is 0 Å². The Balaban J connectivity index is 2.22. The number of thiophene rings is 1. The minimum atomic E-state index is -1.96. The Morgan fingerprint density at radius 1 is 1.35 bits per heavy atom. The van der Waals surface area contributed by atoms with Crippen LogP contribution in [0.15, 0.2) is 39.0 Å².